The Labute approximate surface area is 191 Å². The van der Waals surface area contributed by atoms with Crippen molar-refractivity contribution in [2.45, 2.75) is 106 Å². The second-order valence-electron chi connectivity index (χ2n) is 12.4. The van der Waals surface area contributed by atoms with Crippen LogP contribution in [0.2, 0.25) is 0 Å². The van der Waals surface area contributed by atoms with E-state index in [2.05, 4.69) is 46.8 Å². The number of carbonyl (C=O) groups is 1. The molecule has 0 amide bonds. The molecule has 4 rings (SSSR count). The molecule has 0 aromatic carbocycles. The first-order valence-electron chi connectivity index (χ1n) is 13.2. The van der Waals surface area contributed by atoms with Crippen molar-refractivity contribution >= 4 is 5.97 Å². The third-order valence-corrected chi connectivity index (χ3v) is 10.2. The number of fused-ring (bicyclic) bond motifs is 5. The normalized spacial score (nSPS) is 40.4. The Morgan fingerprint density at radius 1 is 1.10 bits per heavy atom. The fourth-order valence-corrected chi connectivity index (χ4v) is 8.59. The first kappa shape index (κ1) is 23.1. The molecule has 2 fully saturated rings. The molecule has 2 nitrogen and oxygen atoms in total. The first-order chi connectivity index (χ1) is 14.6. The molecular weight excluding hydrogens is 380 g/mol. The van der Waals surface area contributed by atoms with Gasteiger partial charge in [0, 0.05) is 13.3 Å². The number of esters is 1. The van der Waals surface area contributed by atoms with Crippen LogP contribution >= 0.6 is 0 Å². The Bertz CT molecular complexity index is 746. The fraction of sp³-hybridized carbons (Fsp3) is 0.828. The minimum absolute atomic E-state index is 0.183. The average molecular weight is 427 g/mol. The summed E-state index contributed by atoms with van der Waals surface area (Å²) >= 11 is 0. The second kappa shape index (κ2) is 8.71. The van der Waals surface area contributed by atoms with E-state index in [0.717, 1.165) is 54.1 Å². The van der Waals surface area contributed by atoms with Crippen LogP contribution in [-0.4, -0.2) is 5.97 Å². The quantitative estimate of drug-likeness (QED) is 0.401. The van der Waals surface area contributed by atoms with E-state index in [9.17, 15) is 4.79 Å². The van der Waals surface area contributed by atoms with E-state index in [1.165, 1.54) is 63.9 Å². The molecule has 174 valence electrons. The van der Waals surface area contributed by atoms with Gasteiger partial charge in [0.25, 0.3) is 0 Å². The van der Waals surface area contributed by atoms with Gasteiger partial charge in [-0.05, 0) is 96.5 Å². The van der Waals surface area contributed by atoms with E-state index in [0.29, 0.717) is 5.41 Å². The number of hydrogen-bond acceptors (Lipinski definition) is 2. The van der Waals surface area contributed by atoms with E-state index in [1.807, 2.05) is 0 Å². The van der Waals surface area contributed by atoms with Gasteiger partial charge in [-0.3, -0.25) is 4.79 Å². The van der Waals surface area contributed by atoms with Gasteiger partial charge in [-0.25, -0.2) is 0 Å². The van der Waals surface area contributed by atoms with E-state index < -0.39 is 0 Å². The number of rotatable bonds is 6. The van der Waals surface area contributed by atoms with Gasteiger partial charge in [0.15, 0.2) is 0 Å². The van der Waals surface area contributed by atoms with Crippen LogP contribution in [0.15, 0.2) is 23.5 Å². The summed E-state index contributed by atoms with van der Waals surface area (Å²) in [5.41, 5.74) is 2.28. The molecule has 0 saturated heterocycles. The summed E-state index contributed by atoms with van der Waals surface area (Å²) in [6.45, 7) is 14.0. The first-order valence-corrected chi connectivity index (χ1v) is 13.2. The SMILES string of the molecule is CC(=O)OC1=CC2=CC[C@@H]3[C@H]4CC[C@@H]([C@@H](C)CCCC(C)C)[C@@]4(C)CC[C@H]3[C@@]2(C)CC1. The zero-order valence-corrected chi connectivity index (χ0v) is 21.0. The topological polar surface area (TPSA) is 26.3 Å². The van der Waals surface area contributed by atoms with Gasteiger partial charge in [-0.15, -0.1) is 0 Å². The molecule has 0 unspecified atom stereocenters. The Morgan fingerprint density at radius 2 is 1.87 bits per heavy atom. The van der Waals surface area contributed by atoms with Crippen LogP contribution in [0, 0.1) is 46.3 Å². The molecule has 0 aromatic rings. The summed E-state index contributed by atoms with van der Waals surface area (Å²) in [5.74, 6) is 5.88. The van der Waals surface area contributed by atoms with E-state index in [4.69, 9.17) is 4.74 Å². The van der Waals surface area contributed by atoms with Crippen molar-refractivity contribution < 1.29 is 9.53 Å². The molecule has 0 bridgehead atoms. The maximum atomic E-state index is 11.4. The zero-order chi connectivity index (χ0) is 22.4. The summed E-state index contributed by atoms with van der Waals surface area (Å²) in [4.78, 5) is 11.4. The minimum atomic E-state index is -0.183. The second-order valence-corrected chi connectivity index (χ2v) is 12.4. The molecule has 0 heterocycles. The molecule has 4 aliphatic carbocycles. The highest BCUT2D eigenvalue weighted by molar-refractivity contribution is 5.67. The Morgan fingerprint density at radius 3 is 2.58 bits per heavy atom. The summed E-state index contributed by atoms with van der Waals surface area (Å²) in [7, 11) is 0. The van der Waals surface area contributed by atoms with Gasteiger partial charge in [0.1, 0.15) is 5.76 Å². The zero-order valence-electron chi connectivity index (χ0n) is 21.0. The Kier molecular flexibility index (Phi) is 6.50. The lowest BCUT2D eigenvalue weighted by atomic mass is 9.47. The van der Waals surface area contributed by atoms with Crippen molar-refractivity contribution in [2.24, 2.45) is 46.3 Å². The van der Waals surface area contributed by atoms with Crippen molar-refractivity contribution in [3.63, 3.8) is 0 Å². The smallest absolute Gasteiger partial charge is 0.307 e. The molecule has 0 aliphatic heterocycles. The van der Waals surface area contributed by atoms with Crippen molar-refractivity contribution in [1.29, 1.82) is 0 Å². The maximum absolute atomic E-state index is 11.4. The Balaban J connectivity index is 1.50. The van der Waals surface area contributed by atoms with Gasteiger partial charge in [0.2, 0.25) is 0 Å². The molecule has 0 N–H and O–H groups in total. The van der Waals surface area contributed by atoms with Gasteiger partial charge in [-0.2, -0.15) is 0 Å². The lowest BCUT2D eigenvalue weighted by molar-refractivity contribution is -0.137. The van der Waals surface area contributed by atoms with E-state index in [-0.39, 0.29) is 11.4 Å². The third kappa shape index (κ3) is 4.18. The summed E-state index contributed by atoms with van der Waals surface area (Å²) in [5, 5.41) is 0. The van der Waals surface area contributed by atoms with Crippen molar-refractivity contribution in [1.82, 2.24) is 0 Å². The lowest BCUT2D eigenvalue weighted by Crippen LogP contribution is -2.49. The van der Waals surface area contributed by atoms with Crippen LogP contribution in [0.3, 0.4) is 0 Å². The summed E-state index contributed by atoms with van der Waals surface area (Å²) < 4.78 is 5.48. The largest absolute Gasteiger partial charge is 0.431 e. The van der Waals surface area contributed by atoms with Crippen LogP contribution in [0.5, 0.6) is 0 Å². The summed E-state index contributed by atoms with van der Waals surface area (Å²) in [6, 6.07) is 0. The molecule has 2 saturated carbocycles. The lowest BCUT2D eigenvalue weighted by Gasteiger charge is -2.57. The molecule has 0 radical (unpaired) electrons. The van der Waals surface area contributed by atoms with Crippen LogP contribution in [0.1, 0.15) is 106 Å². The number of ether oxygens (including phenoxy) is 1. The van der Waals surface area contributed by atoms with Gasteiger partial charge >= 0.3 is 5.97 Å². The molecular formula is C29H46O2. The molecule has 4 aliphatic rings. The van der Waals surface area contributed by atoms with Crippen molar-refractivity contribution in [2.75, 3.05) is 0 Å². The van der Waals surface area contributed by atoms with Gasteiger partial charge in [-0.1, -0.05) is 60.0 Å². The van der Waals surface area contributed by atoms with Gasteiger partial charge < -0.3 is 4.74 Å². The van der Waals surface area contributed by atoms with E-state index >= 15 is 0 Å². The van der Waals surface area contributed by atoms with Crippen LogP contribution in [0.4, 0.5) is 0 Å². The molecule has 2 heteroatoms. The Hall–Kier alpha value is -1.05. The molecule has 31 heavy (non-hydrogen) atoms. The molecule has 0 aromatic heterocycles. The molecule has 0 spiro atoms. The third-order valence-electron chi connectivity index (χ3n) is 10.2. The van der Waals surface area contributed by atoms with Crippen LogP contribution in [-0.2, 0) is 9.53 Å². The number of carbonyl (C=O) groups excluding carboxylic acids is 1. The predicted octanol–water partition coefficient (Wildman–Crippen LogP) is 8.08. The van der Waals surface area contributed by atoms with Crippen LogP contribution < -0.4 is 0 Å². The van der Waals surface area contributed by atoms with Crippen molar-refractivity contribution in [3.05, 3.63) is 23.5 Å². The molecule has 7 atom stereocenters. The predicted molar refractivity (Wildman–Crippen MR) is 128 cm³/mol. The highest BCUT2D eigenvalue weighted by atomic mass is 16.5. The highest BCUT2D eigenvalue weighted by Gasteiger charge is 2.58. The standard InChI is InChI=1S/C29H46O2/c1-19(2)8-7-9-20(3)25-12-13-26-24-11-10-22-18-23(31-21(4)30)14-16-28(22,5)27(24)15-17-29(25,26)6/h10,18-20,24-27H,7-9,11-17H2,1-6H3/t20-,24+,25-,26+,27+,28-,29+/m0/s1. The fourth-order valence-electron chi connectivity index (χ4n) is 8.59. The number of allylic oxidation sites excluding steroid dienone is 4. The van der Waals surface area contributed by atoms with E-state index in [1.54, 1.807) is 0 Å². The van der Waals surface area contributed by atoms with Crippen molar-refractivity contribution in [3.8, 4) is 0 Å². The summed E-state index contributed by atoms with van der Waals surface area (Å²) in [6.07, 6.45) is 17.9. The maximum Gasteiger partial charge on any atom is 0.307 e. The monoisotopic (exact) mass is 426 g/mol. The number of hydrogen-bond donors (Lipinski definition) is 0. The van der Waals surface area contributed by atoms with Crippen LogP contribution in [0.25, 0.3) is 0 Å². The average Bonchev–Trinajstić information content (AvgIpc) is 3.05. The highest BCUT2D eigenvalue weighted by Crippen LogP contribution is 2.67. The minimum Gasteiger partial charge on any atom is -0.431 e. The van der Waals surface area contributed by atoms with Gasteiger partial charge in [0.05, 0.1) is 0 Å².